The predicted molar refractivity (Wildman–Crippen MR) is 70.5 cm³/mol. The van der Waals surface area contributed by atoms with Gasteiger partial charge in [0.05, 0.1) is 6.10 Å². The zero-order chi connectivity index (χ0) is 12.3. The summed E-state index contributed by atoms with van der Waals surface area (Å²) < 4.78 is 5.74. The van der Waals surface area contributed by atoms with E-state index < -0.39 is 6.10 Å². The van der Waals surface area contributed by atoms with E-state index in [1.165, 1.54) is 4.88 Å². The predicted octanol–water partition coefficient (Wildman–Crippen LogP) is 3.69. The monoisotopic (exact) mass is 248 g/mol. The molecule has 0 spiro atoms. The van der Waals surface area contributed by atoms with Gasteiger partial charge in [-0.15, -0.1) is 11.3 Å². The van der Waals surface area contributed by atoms with Crippen LogP contribution in [0.2, 0.25) is 0 Å². The number of aryl methyl sites for hydroxylation is 1. The van der Waals surface area contributed by atoms with Gasteiger partial charge >= 0.3 is 0 Å². The molecule has 0 amide bonds. The number of ether oxygens (including phenoxy) is 1. The Morgan fingerprint density at radius 1 is 1.35 bits per heavy atom. The van der Waals surface area contributed by atoms with Crippen molar-refractivity contribution in [3.8, 4) is 5.75 Å². The molecule has 0 saturated heterocycles. The largest absolute Gasteiger partial charge is 0.488 e. The standard InChI is InChI=1S/C14H16O2S/c1-10-8-12(11(2)15)5-6-14(10)16-9-13-4-3-7-17-13/h3-8,11,15H,9H2,1-2H3/t11-/m0/s1. The van der Waals surface area contributed by atoms with Crippen LogP contribution in [-0.2, 0) is 6.61 Å². The van der Waals surface area contributed by atoms with E-state index in [1.807, 2.05) is 36.6 Å². The molecule has 0 radical (unpaired) electrons. The third-order valence-corrected chi connectivity index (χ3v) is 3.48. The molecule has 1 atom stereocenters. The molecule has 1 heterocycles. The van der Waals surface area contributed by atoms with Crippen LogP contribution >= 0.6 is 11.3 Å². The van der Waals surface area contributed by atoms with Crippen molar-refractivity contribution in [1.29, 1.82) is 0 Å². The molecule has 17 heavy (non-hydrogen) atoms. The zero-order valence-electron chi connectivity index (χ0n) is 10.0. The summed E-state index contributed by atoms with van der Waals surface area (Å²) in [5.41, 5.74) is 1.98. The lowest BCUT2D eigenvalue weighted by Crippen LogP contribution is -1.97. The Bertz CT molecular complexity index is 475. The summed E-state index contributed by atoms with van der Waals surface area (Å²) in [6.45, 7) is 4.36. The molecule has 1 aromatic carbocycles. The highest BCUT2D eigenvalue weighted by atomic mass is 32.1. The lowest BCUT2D eigenvalue weighted by molar-refractivity contribution is 0.199. The van der Waals surface area contributed by atoms with Gasteiger partial charge in [-0.05, 0) is 48.6 Å². The number of hydrogen-bond donors (Lipinski definition) is 1. The molecule has 0 aliphatic heterocycles. The van der Waals surface area contributed by atoms with Gasteiger partial charge < -0.3 is 9.84 Å². The molecule has 2 nitrogen and oxygen atoms in total. The van der Waals surface area contributed by atoms with Crippen LogP contribution in [0.15, 0.2) is 35.7 Å². The minimum absolute atomic E-state index is 0.431. The molecule has 0 aliphatic carbocycles. The summed E-state index contributed by atoms with van der Waals surface area (Å²) in [6.07, 6.45) is -0.431. The molecular weight excluding hydrogens is 232 g/mol. The van der Waals surface area contributed by atoms with Crippen molar-refractivity contribution in [2.45, 2.75) is 26.6 Å². The fraction of sp³-hybridized carbons (Fsp3) is 0.286. The second kappa shape index (κ2) is 5.34. The molecule has 1 aromatic heterocycles. The molecule has 3 heteroatoms. The maximum Gasteiger partial charge on any atom is 0.122 e. The fourth-order valence-corrected chi connectivity index (χ4v) is 2.25. The van der Waals surface area contributed by atoms with Crippen LogP contribution in [0.5, 0.6) is 5.75 Å². The Balaban J connectivity index is 2.06. The average molecular weight is 248 g/mol. The van der Waals surface area contributed by atoms with E-state index in [4.69, 9.17) is 4.74 Å². The summed E-state index contributed by atoms with van der Waals surface area (Å²) in [4.78, 5) is 1.21. The van der Waals surface area contributed by atoms with Gasteiger partial charge in [0.1, 0.15) is 12.4 Å². The lowest BCUT2D eigenvalue weighted by Gasteiger charge is -2.11. The second-order valence-electron chi connectivity index (χ2n) is 4.07. The van der Waals surface area contributed by atoms with Crippen LogP contribution in [0.3, 0.4) is 0 Å². The van der Waals surface area contributed by atoms with Crippen molar-refractivity contribution < 1.29 is 9.84 Å². The quantitative estimate of drug-likeness (QED) is 0.894. The maximum absolute atomic E-state index is 9.48. The SMILES string of the molecule is Cc1cc([C@H](C)O)ccc1OCc1cccs1. The van der Waals surface area contributed by atoms with Gasteiger partial charge in [-0.25, -0.2) is 0 Å². The molecule has 0 aliphatic rings. The first-order chi connectivity index (χ1) is 8.16. The van der Waals surface area contributed by atoms with Crippen molar-refractivity contribution in [1.82, 2.24) is 0 Å². The first kappa shape index (κ1) is 12.1. The summed E-state index contributed by atoms with van der Waals surface area (Å²) in [5, 5.41) is 11.5. The van der Waals surface area contributed by atoms with Gasteiger partial charge in [-0.2, -0.15) is 0 Å². The third-order valence-electron chi connectivity index (χ3n) is 2.63. The molecule has 0 saturated carbocycles. The number of rotatable bonds is 4. The van der Waals surface area contributed by atoms with E-state index >= 15 is 0 Å². The Morgan fingerprint density at radius 2 is 2.18 bits per heavy atom. The Morgan fingerprint density at radius 3 is 2.76 bits per heavy atom. The van der Waals surface area contributed by atoms with Gasteiger partial charge in [-0.3, -0.25) is 0 Å². The minimum Gasteiger partial charge on any atom is -0.488 e. The zero-order valence-corrected chi connectivity index (χ0v) is 10.8. The average Bonchev–Trinajstić information content (AvgIpc) is 2.80. The number of aliphatic hydroxyl groups is 1. The smallest absolute Gasteiger partial charge is 0.122 e. The fourth-order valence-electron chi connectivity index (χ4n) is 1.64. The summed E-state index contributed by atoms with van der Waals surface area (Å²) in [6, 6.07) is 9.87. The summed E-state index contributed by atoms with van der Waals surface area (Å²) >= 11 is 1.69. The van der Waals surface area contributed by atoms with Crippen molar-refractivity contribution in [3.63, 3.8) is 0 Å². The van der Waals surface area contributed by atoms with Crippen LogP contribution in [0, 0.1) is 6.92 Å². The first-order valence-electron chi connectivity index (χ1n) is 5.60. The molecule has 2 rings (SSSR count). The van der Waals surface area contributed by atoms with E-state index in [0.717, 1.165) is 16.9 Å². The Labute approximate surface area is 105 Å². The van der Waals surface area contributed by atoms with Crippen molar-refractivity contribution in [2.75, 3.05) is 0 Å². The third kappa shape index (κ3) is 3.08. The van der Waals surface area contributed by atoms with E-state index in [1.54, 1.807) is 18.3 Å². The highest BCUT2D eigenvalue weighted by molar-refractivity contribution is 7.09. The summed E-state index contributed by atoms with van der Waals surface area (Å²) in [7, 11) is 0. The van der Waals surface area contributed by atoms with Gasteiger partial charge in [0.25, 0.3) is 0 Å². The van der Waals surface area contributed by atoms with Crippen molar-refractivity contribution in [2.24, 2.45) is 0 Å². The van der Waals surface area contributed by atoms with Crippen molar-refractivity contribution in [3.05, 3.63) is 51.7 Å². The molecule has 2 aromatic rings. The normalized spacial score (nSPS) is 12.4. The molecular formula is C14H16O2S. The maximum atomic E-state index is 9.48. The van der Waals surface area contributed by atoms with Crippen LogP contribution in [-0.4, -0.2) is 5.11 Å². The molecule has 90 valence electrons. The van der Waals surface area contributed by atoms with Crippen LogP contribution in [0.25, 0.3) is 0 Å². The lowest BCUT2D eigenvalue weighted by atomic mass is 10.1. The highest BCUT2D eigenvalue weighted by Crippen LogP contribution is 2.24. The Hall–Kier alpha value is -1.32. The first-order valence-corrected chi connectivity index (χ1v) is 6.48. The van der Waals surface area contributed by atoms with E-state index in [0.29, 0.717) is 6.61 Å². The molecule has 1 N–H and O–H groups in total. The number of hydrogen-bond acceptors (Lipinski definition) is 3. The number of benzene rings is 1. The van der Waals surface area contributed by atoms with Crippen molar-refractivity contribution >= 4 is 11.3 Å². The summed E-state index contributed by atoms with van der Waals surface area (Å²) in [5.74, 6) is 0.878. The van der Waals surface area contributed by atoms with E-state index in [-0.39, 0.29) is 0 Å². The number of aliphatic hydroxyl groups excluding tert-OH is 1. The Kier molecular flexibility index (Phi) is 3.82. The van der Waals surface area contributed by atoms with Crippen LogP contribution in [0.4, 0.5) is 0 Å². The number of thiophene rings is 1. The van der Waals surface area contributed by atoms with Gasteiger partial charge in [-0.1, -0.05) is 12.1 Å². The molecule has 0 unspecified atom stereocenters. The van der Waals surface area contributed by atoms with Gasteiger partial charge in [0.2, 0.25) is 0 Å². The second-order valence-corrected chi connectivity index (χ2v) is 5.10. The van der Waals surface area contributed by atoms with E-state index in [2.05, 4.69) is 6.07 Å². The van der Waals surface area contributed by atoms with Gasteiger partial charge in [0, 0.05) is 4.88 Å². The molecule has 0 bridgehead atoms. The van der Waals surface area contributed by atoms with E-state index in [9.17, 15) is 5.11 Å². The topological polar surface area (TPSA) is 29.5 Å². The molecule has 0 fully saturated rings. The highest BCUT2D eigenvalue weighted by Gasteiger charge is 2.05. The van der Waals surface area contributed by atoms with Crippen LogP contribution in [0.1, 0.15) is 29.0 Å². The van der Waals surface area contributed by atoms with Gasteiger partial charge in [0.15, 0.2) is 0 Å². The minimum atomic E-state index is -0.431. The van der Waals surface area contributed by atoms with Crippen LogP contribution < -0.4 is 4.74 Å².